The molecule has 2 aromatic carbocycles. The Balaban J connectivity index is 1.70. The average Bonchev–Trinajstić information content (AvgIpc) is 3.14. The summed E-state index contributed by atoms with van der Waals surface area (Å²) in [5.74, 6) is -1.70. The van der Waals surface area contributed by atoms with Crippen LogP contribution in [-0.4, -0.2) is 64.0 Å². The molecule has 0 spiro atoms. The number of esters is 2. The number of amides is 1. The summed E-state index contributed by atoms with van der Waals surface area (Å²) in [5.41, 5.74) is -1.47. The molecule has 2 atom stereocenters. The Morgan fingerprint density at radius 3 is 1.95 bits per heavy atom. The number of hydrogen-bond acceptors (Lipinski definition) is 7. The van der Waals surface area contributed by atoms with E-state index in [1.54, 1.807) is 77.9 Å². The zero-order valence-corrected chi connectivity index (χ0v) is 22.0. The van der Waals surface area contributed by atoms with Crippen molar-refractivity contribution in [3.05, 3.63) is 59.9 Å². The van der Waals surface area contributed by atoms with E-state index >= 15 is 0 Å². The number of aliphatic hydroxyl groups is 1. The topological polar surface area (TPSA) is 102 Å². The Bertz CT molecular complexity index is 1100. The van der Waals surface area contributed by atoms with E-state index in [0.29, 0.717) is 0 Å². The molecule has 37 heavy (non-hydrogen) atoms. The van der Waals surface area contributed by atoms with E-state index in [9.17, 15) is 23.9 Å². The molecule has 1 fully saturated rings. The molecule has 1 saturated heterocycles. The lowest BCUT2D eigenvalue weighted by Gasteiger charge is -2.29. The summed E-state index contributed by atoms with van der Waals surface area (Å²) in [7, 11) is 0. The summed E-state index contributed by atoms with van der Waals surface area (Å²) in [5, 5.41) is 11.2. The number of β-amino-alcohol motifs (C(OH)–C–C–N with tert-alkyl or cyclic N) is 1. The van der Waals surface area contributed by atoms with Crippen molar-refractivity contribution in [1.82, 2.24) is 4.90 Å². The van der Waals surface area contributed by atoms with Gasteiger partial charge in [0.25, 0.3) is 0 Å². The summed E-state index contributed by atoms with van der Waals surface area (Å²) >= 11 is 0. The Kier molecular flexibility index (Phi) is 7.97. The lowest BCUT2D eigenvalue weighted by Crippen LogP contribution is -2.46. The van der Waals surface area contributed by atoms with Crippen molar-refractivity contribution in [2.24, 2.45) is 0 Å². The quantitative estimate of drug-likeness (QED) is 0.454. The standard InChI is InChI=1S/C28H34FNO7/c1-26(2,3)36-24(32)22-15-28(34,16-30(22)25(33)37-27(4,5)6)17-35-23(31)20-9-7-18(8-10-20)19-11-13-21(29)14-12-19/h7-14,22,34H,15-17H2,1-6H3/t22-,28-/m0/s1. The van der Waals surface area contributed by atoms with E-state index in [2.05, 4.69) is 0 Å². The second-order valence-corrected chi connectivity index (χ2v) is 11.2. The Labute approximate surface area is 216 Å². The summed E-state index contributed by atoms with van der Waals surface area (Å²) < 4.78 is 29.4. The first-order valence-electron chi connectivity index (χ1n) is 12.0. The Morgan fingerprint density at radius 1 is 0.919 bits per heavy atom. The first-order chi connectivity index (χ1) is 17.1. The minimum Gasteiger partial charge on any atom is -0.459 e. The van der Waals surface area contributed by atoms with Crippen LogP contribution in [0.2, 0.25) is 0 Å². The van der Waals surface area contributed by atoms with Gasteiger partial charge in [-0.3, -0.25) is 4.90 Å². The SMILES string of the molecule is CC(C)(C)OC(=O)[C@@H]1C[C@@](O)(COC(=O)c2ccc(-c3ccc(F)cc3)cc2)CN1C(=O)OC(C)(C)C. The van der Waals surface area contributed by atoms with Gasteiger partial charge in [0.15, 0.2) is 0 Å². The van der Waals surface area contributed by atoms with Crippen LogP contribution in [-0.2, 0) is 19.0 Å². The van der Waals surface area contributed by atoms with Gasteiger partial charge in [0, 0.05) is 6.42 Å². The number of carbonyl (C=O) groups is 3. The maximum Gasteiger partial charge on any atom is 0.411 e. The van der Waals surface area contributed by atoms with Gasteiger partial charge in [0.2, 0.25) is 0 Å². The predicted octanol–water partition coefficient (Wildman–Crippen LogP) is 4.73. The third-order valence-electron chi connectivity index (χ3n) is 5.49. The molecule has 200 valence electrons. The van der Waals surface area contributed by atoms with Crippen molar-refractivity contribution in [2.45, 2.75) is 70.8 Å². The highest BCUT2D eigenvalue weighted by Crippen LogP contribution is 2.31. The van der Waals surface area contributed by atoms with Crippen molar-refractivity contribution < 1.29 is 38.1 Å². The van der Waals surface area contributed by atoms with Gasteiger partial charge in [-0.05, 0) is 76.9 Å². The molecular formula is C28H34FNO7. The van der Waals surface area contributed by atoms with E-state index in [-0.39, 0.29) is 24.3 Å². The lowest BCUT2D eigenvalue weighted by atomic mass is 10.0. The van der Waals surface area contributed by atoms with Crippen molar-refractivity contribution in [1.29, 1.82) is 0 Å². The zero-order valence-electron chi connectivity index (χ0n) is 22.0. The maximum absolute atomic E-state index is 13.2. The molecule has 8 nitrogen and oxygen atoms in total. The van der Waals surface area contributed by atoms with Crippen LogP contribution >= 0.6 is 0 Å². The highest BCUT2D eigenvalue weighted by Gasteiger charge is 2.51. The molecule has 1 N–H and O–H groups in total. The molecule has 0 saturated carbocycles. The van der Waals surface area contributed by atoms with Gasteiger partial charge < -0.3 is 19.3 Å². The van der Waals surface area contributed by atoms with Gasteiger partial charge in [0.05, 0.1) is 12.1 Å². The van der Waals surface area contributed by atoms with Crippen molar-refractivity contribution in [3.63, 3.8) is 0 Å². The molecule has 1 aliphatic rings. The molecule has 0 aliphatic carbocycles. The molecule has 0 bridgehead atoms. The van der Waals surface area contributed by atoms with Gasteiger partial charge >= 0.3 is 18.0 Å². The number of rotatable bonds is 5. The lowest BCUT2D eigenvalue weighted by molar-refractivity contribution is -0.160. The van der Waals surface area contributed by atoms with E-state index < -0.39 is 47.5 Å². The predicted molar refractivity (Wildman–Crippen MR) is 134 cm³/mol. The van der Waals surface area contributed by atoms with E-state index in [0.717, 1.165) is 16.0 Å². The summed E-state index contributed by atoms with van der Waals surface area (Å²) in [4.78, 5) is 39.4. The number of ether oxygens (including phenoxy) is 3. The monoisotopic (exact) mass is 515 g/mol. The van der Waals surface area contributed by atoms with Crippen LogP contribution in [0.25, 0.3) is 11.1 Å². The van der Waals surface area contributed by atoms with Gasteiger partial charge in [-0.15, -0.1) is 0 Å². The molecule has 0 unspecified atom stereocenters. The van der Waals surface area contributed by atoms with Crippen molar-refractivity contribution >= 4 is 18.0 Å². The first-order valence-corrected chi connectivity index (χ1v) is 12.0. The average molecular weight is 516 g/mol. The molecule has 9 heteroatoms. The normalized spacial score (nSPS) is 19.9. The van der Waals surface area contributed by atoms with Crippen LogP contribution in [0.5, 0.6) is 0 Å². The highest BCUT2D eigenvalue weighted by atomic mass is 19.1. The fourth-order valence-corrected chi connectivity index (χ4v) is 3.88. The van der Waals surface area contributed by atoms with Crippen LogP contribution in [0.3, 0.4) is 0 Å². The number of carbonyl (C=O) groups excluding carboxylic acids is 3. The molecule has 0 radical (unpaired) electrons. The van der Waals surface area contributed by atoms with Crippen LogP contribution in [0.4, 0.5) is 9.18 Å². The molecule has 1 aliphatic heterocycles. The number of benzene rings is 2. The number of hydrogen-bond donors (Lipinski definition) is 1. The number of halogens is 1. The summed E-state index contributed by atoms with van der Waals surface area (Å²) in [6.07, 6.45) is -0.959. The highest BCUT2D eigenvalue weighted by molar-refractivity contribution is 5.90. The summed E-state index contributed by atoms with van der Waals surface area (Å²) in [6.45, 7) is 9.47. The Morgan fingerprint density at radius 2 is 1.43 bits per heavy atom. The second-order valence-electron chi connectivity index (χ2n) is 11.2. The van der Waals surface area contributed by atoms with E-state index in [1.165, 1.54) is 12.1 Å². The molecule has 1 heterocycles. The van der Waals surface area contributed by atoms with Crippen LogP contribution < -0.4 is 0 Å². The molecule has 0 aromatic heterocycles. The van der Waals surface area contributed by atoms with Gasteiger partial charge in [-0.1, -0.05) is 24.3 Å². The molecule has 1 amide bonds. The smallest absolute Gasteiger partial charge is 0.411 e. The van der Waals surface area contributed by atoms with E-state index in [4.69, 9.17) is 14.2 Å². The summed E-state index contributed by atoms with van der Waals surface area (Å²) in [6, 6.07) is 11.4. The Hall–Kier alpha value is -3.46. The molecule has 2 aromatic rings. The molecular weight excluding hydrogens is 481 g/mol. The minimum atomic E-state index is -1.68. The second kappa shape index (κ2) is 10.5. The fourth-order valence-electron chi connectivity index (χ4n) is 3.88. The fraction of sp³-hybridized carbons (Fsp3) is 0.464. The van der Waals surface area contributed by atoms with Crippen molar-refractivity contribution in [3.8, 4) is 11.1 Å². The third kappa shape index (κ3) is 7.76. The van der Waals surface area contributed by atoms with Crippen LogP contribution in [0.1, 0.15) is 58.3 Å². The number of likely N-dealkylation sites (tertiary alicyclic amines) is 1. The maximum atomic E-state index is 13.2. The largest absolute Gasteiger partial charge is 0.459 e. The van der Waals surface area contributed by atoms with Gasteiger partial charge in [-0.25, -0.2) is 18.8 Å². The van der Waals surface area contributed by atoms with Crippen LogP contribution in [0, 0.1) is 5.82 Å². The minimum absolute atomic E-state index is 0.183. The molecule has 3 rings (SSSR count). The van der Waals surface area contributed by atoms with Crippen molar-refractivity contribution in [2.75, 3.05) is 13.2 Å². The van der Waals surface area contributed by atoms with E-state index in [1.807, 2.05) is 0 Å². The first kappa shape index (κ1) is 28.1. The van der Waals surface area contributed by atoms with Crippen LogP contribution in [0.15, 0.2) is 48.5 Å². The zero-order chi connectivity index (χ0) is 27.6. The number of nitrogens with zero attached hydrogens (tertiary/aromatic N) is 1. The van der Waals surface area contributed by atoms with Gasteiger partial charge in [0.1, 0.15) is 35.3 Å². The van der Waals surface area contributed by atoms with Gasteiger partial charge in [-0.2, -0.15) is 0 Å². The third-order valence-corrected chi connectivity index (χ3v) is 5.49.